The van der Waals surface area contributed by atoms with Crippen LogP contribution in [0, 0.1) is 29.3 Å². The summed E-state index contributed by atoms with van der Waals surface area (Å²) in [7, 11) is 1.61. The Balaban J connectivity index is 1.64. The fourth-order valence-electron chi connectivity index (χ4n) is 3.25. The second-order valence-corrected chi connectivity index (χ2v) is 6.90. The molecule has 0 fully saturated rings. The Morgan fingerprint density at radius 1 is 0.700 bits per heavy atom. The normalized spacial score (nSPS) is 10.7. The predicted octanol–water partition coefficient (Wildman–Crippen LogP) is 6.47. The molecule has 0 unspecified atom stereocenters. The molecule has 4 aromatic carbocycles. The summed E-state index contributed by atoms with van der Waals surface area (Å²) < 4.78 is 47.5. The predicted molar refractivity (Wildman–Crippen MR) is 112 cm³/mol. The van der Waals surface area contributed by atoms with Gasteiger partial charge in [-0.2, -0.15) is 0 Å². The van der Waals surface area contributed by atoms with Crippen molar-refractivity contribution in [2.45, 2.75) is 6.61 Å². The lowest BCUT2D eigenvalue weighted by Gasteiger charge is -2.06. The smallest absolute Gasteiger partial charge is 0.142 e. The van der Waals surface area contributed by atoms with Gasteiger partial charge in [-0.05, 0) is 63.9 Å². The van der Waals surface area contributed by atoms with Gasteiger partial charge in [-0.3, -0.25) is 0 Å². The van der Waals surface area contributed by atoms with E-state index >= 15 is 0 Å². The molecule has 0 N–H and O–H groups in total. The highest BCUT2D eigenvalue weighted by molar-refractivity contribution is 5.84. The fourth-order valence-corrected chi connectivity index (χ4v) is 3.25. The molecule has 0 saturated heterocycles. The van der Waals surface area contributed by atoms with Crippen molar-refractivity contribution >= 4 is 10.8 Å². The third-order valence-electron chi connectivity index (χ3n) is 4.77. The highest BCUT2D eigenvalue weighted by Crippen LogP contribution is 2.25. The molecule has 0 aromatic heterocycles. The van der Waals surface area contributed by atoms with Gasteiger partial charge in [-0.1, -0.05) is 48.2 Å². The van der Waals surface area contributed by atoms with E-state index in [4.69, 9.17) is 4.74 Å². The van der Waals surface area contributed by atoms with Crippen molar-refractivity contribution in [2.24, 2.45) is 0 Å². The van der Waals surface area contributed by atoms with Crippen LogP contribution in [0.25, 0.3) is 21.9 Å². The third kappa shape index (κ3) is 4.22. The lowest BCUT2D eigenvalue weighted by molar-refractivity contribution is 0.185. The molecule has 4 rings (SSSR count). The molecular weight excluding hydrogens is 385 g/mol. The lowest BCUT2D eigenvalue weighted by atomic mass is 10.0. The standard InChI is InChI=1S/C26H17F3O/c1-30-16-18-3-6-19(7-4-18)22-14-25(28)24(26(29)15-22)11-5-17-2-8-21-13-23(27)10-9-20(21)12-17/h2-4,6-10,12-15H,16H2,1H3. The number of benzene rings is 4. The Hall–Kier alpha value is -3.55. The van der Waals surface area contributed by atoms with Crippen molar-refractivity contribution in [2.75, 3.05) is 7.11 Å². The van der Waals surface area contributed by atoms with Gasteiger partial charge in [0.05, 0.1) is 12.2 Å². The summed E-state index contributed by atoms with van der Waals surface area (Å²) >= 11 is 0. The van der Waals surface area contributed by atoms with Gasteiger partial charge in [-0.15, -0.1) is 0 Å². The van der Waals surface area contributed by atoms with E-state index in [9.17, 15) is 13.2 Å². The van der Waals surface area contributed by atoms with Gasteiger partial charge in [0.25, 0.3) is 0 Å². The van der Waals surface area contributed by atoms with Crippen molar-refractivity contribution < 1.29 is 17.9 Å². The first-order chi connectivity index (χ1) is 14.5. The fraction of sp³-hybridized carbons (Fsp3) is 0.0769. The van der Waals surface area contributed by atoms with E-state index in [0.717, 1.165) is 16.3 Å². The van der Waals surface area contributed by atoms with E-state index < -0.39 is 11.6 Å². The SMILES string of the molecule is COCc1ccc(-c2cc(F)c(C#Cc3ccc4cc(F)ccc4c3)c(F)c2)cc1. The summed E-state index contributed by atoms with van der Waals surface area (Å²) in [5.74, 6) is 3.62. The minimum absolute atomic E-state index is 0.283. The van der Waals surface area contributed by atoms with Gasteiger partial charge in [0.1, 0.15) is 17.5 Å². The zero-order valence-electron chi connectivity index (χ0n) is 16.2. The zero-order valence-corrected chi connectivity index (χ0v) is 16.2. The highest BCUT2D eigenvalue weighted by Gasteiger charge is 2.11. The van der Waals surface area contributed by atoms with Crippen molar-refractivity contribution in [3.8, 4) is 23.0 Å². The molecule has 30 heavy (non-hydrogen) atoms. The van der Waals surface area contributed by atoms with Crippen molar-refractivity contribution in [3.05, 3.63) is 107 Å². The molecule has 4 aromatic rings. The molecule has 0 amide bonds. The van der Waals surface area contributed by atoms with Gasteiger partial charge >= 0.3 is 0 Å². The van der Waals surface area contributed by atoms with Crippen LogP contribution < -0.4 is 0 Å². The summed E-state index contributed by atoms with van der Waals surface area (Å²) in [4.78, 5) is 0. The average molecular weight is 402 g/mol. The molecule has 0 radical (unpaired) electrons. The quantitative estimate of drug-likeness (QED) is 0.357. The number of halogens is 3. The topological polar surface area (TPSA) is 9.23 Å². The van der Waals surface area contributed by atoms with Gasteiger partial charge in [0.2, 0.25) is 0 Å². The Morgan fingerprint density at radius 3 is 2.07 bits per heavy atom. The molecule has 0 heterocycles. The molecule has 1 nitrogen and oxygen atoms in total. The van der Waals surface area contributed by atoms with Crippen LogP contribution in [0.4, 0.5) is 13.2 Å². The Morgan fingerprint density at radius 2 is 1.37 bits per heavy atom. The molecule has 0 saturated carbocycles. The number of methoxy groups -OCH3 is 1. The maximum atomic E-state index is 14.6. The molecule has 148 valence electrons. The molecule has 0 aliphatic carbocycles. The van der Waals surface area contributed by atoms with Gasteiger partial charge in [-0.25, -0.2) is 13.2 Å². The van der Waals surface area contributed by atoms with Crippen molar-refractivity contribution in [3.63, 3.8) is 0 Å². The van der Waals surface area contributed by atoms with Gasteiger partial charge in [0.15, 0.2) is 0 Å². The molecule has 0 aliphatic rings. The number of rotatable bonds is 3. The summed E-state index contributed by atoms with van der Waals surface area (Å²) in [6.45, 7) is 0.473. The molecule has 0 aliphatic heterocycles. The average Bonchev–Trinajstić information content (AvgIpc) is 2.74. The summed E-state index contributed by atoms with van der Waals surface area (Å²) in [6.07, 6.45) is 0. The highest BCUT2D eigenvalue weighted by atomic mass is 19.1. The molecule has 0 atom stereocenters. The summed E-state index contributed by atoms with van der Waals surface area (Å²) in [6, 6.07) is 19.5. The monoisotopic (exact) mass is 402 g/mol. The molecule has 0 bridgehead atoms. The molecular formula is C26H17F3O. The number of hydrogen-bond donors (Lipinski definition) is 0. The van der Waals surface area contributed by atoms with Crippen LogP contribution in [-0.4, -0.2) is 7.11 Å². The van der Waals surface area contributed by atoms with E-state index in [-0.39, 0.29) is 11.4 Å². The first-order valence-corrected chi connectivity index (χ1v) is 9.32. The van der Waals surface area contributed by atoms with Crippen LogP contribution in [0.1, 0.15) is 16.7 Å². The van der Waals surface area contributed by atoms with E-state index in [1.807, 2.05) is 12.1 Å². The van der Waals surface area contributed by atoms with Gasteiger partial charge < -0.3 is 4.74 Å². The summed E-state index contributed by atoms with van der Waals surface area (Å²) in [5, 5.41) is 1.54. The van der Waals surface area contributed by atoms with E-state index in [1.165, 1.54) is 24.3 Å². The zero-order chi connectivity index (χ0) is 21.1. The molecule has 0 spiro atoms. The van der Waals surface area contributed by atoms with Crippen LogP contribution in [0.3, 0.4) is 0 Å². The Bertz CT molecular complexity index is 1260. The van der Waals surface area contributed by atoms with Crippen LogP contribution in [0.2, 0.25) is 0 Å². The molecule has 4 heteroatoms. The first-order valence-electron chi connectivity index (χ1n) is 9.32. The van der Waals surface area contributed by atoms with Crippen molar-refractivity contribution in [1.82, 2.24) is 0 Å². The number of fused-ring (bicyclic) bond motifs is 1. The maximum Gasteiger partial charge on any atom is 0.142 e. The maximum absolute atomic E-state index is 14.6. The Labute approximate surface area is 172 Å². The largest absolute Gasteiger partial charge is 0.380 e. The number of ether oxygens (including phenoxy) is 1. The van der Waals surface area contributed by atoms with Crippen LogP contribution in [0.15, 0.2) is 72.8 Å². The third-order valence-corrected chi connectivity index (χ3v) is 4.77. The Kier molecular flexibility index (Phi) is 5.56. The first kappa shape index (κ1) is 19.8. The van der Waals surface area contributed by atoms with Crippen LogP contribution >= 0.6 is 0 Å². The lowest BCUT2D eigenvalue weighted by Crippen LogP contribution is -1.93. The minimum atomic E-state index is -0.721. The summed E-state index contributed by atoms with van der Waals surface area (Å²) in [5.41, 5.74) is 2.42. The van der Waals surface area contributed by atoms with Crippen LogP contribution in [0.5, 0.6) is 0 Å². The van der Waals surface area contributed by atoms with Crippen LogP contribution in [-0.2, 0) is 11.3 Å². The second kappa shape index (κ2) is 8.44. The van der Waals surface area contributed by atoms with E-state index in [0.29, 0.717) is 23.3 Å². The van der Waals surface area contributed by atoms with Crippen molar-refractivity contribution in [1.29, 1.82) is 0 Å². The number of hydrogen-bond acceptors (Lipinski definition) is 1. The van der Waals surface area contributed by atoms with E-state index in [1.54, 1.807) is 43.5 Å². The van der Waals surface area contributed by atoms with Gasteiger partial charge in [0, 0.05) is 12.7 Å². The second-order valence-electron chi connectivity index (χ2n) is 6.90. The van der Waals surface area contributed by atoms with E-state index in [2.05, 4.69) is 11.8 Å². The minimum Gasteiger partial charge on any atom is -0.380 e.